The van der Waals surface area contributed by atoms with Crippen molar-refractivity contribution in [1.82, 2.24) is 0 Å². The summed E-state index contributed by atoms with van der Waals surface area (Å²) >= 11 is -0.921. The monoisotopic (exact) mass is 1710 g/mol. The van der Waals surface area contributed by atoms with Gasteiger partial charge in [-0.3, -0.25) is 0 Å². The lowest BCUT2D eigenvalue weighted by Crippen LogP contribution is -3.61. The van der Waals surface area contributed by atoms with Crippen molar-refractivity contribution in [3.05, 3.63) is 223 Å². The molecule has 30 rings (SSSR count). The molecule has 0 radical (unpaired) electrons. The molecule has 0 amide bonds. The van der Waals surface area contributed by atoms with Crippen LogP contribution in [0.25, 0.3) is 44.5 Å². The second-order valence-corrected chi connectivity index (χ2v) is 33.6. The van der Waals surface area contributed by atoms with Gasteiger partial charge in [0, 0.05) is 0 Å². The van der Waals surface area contributed by atoms with Crippen molar-refractivity contribution >= 4 is 40.5 Å². The molecule has 0 saturated heterocycles. The highest BCUT2D eigenvalue weighted by Crippen LogP contribution is 2.25. The summed E-state index contributed by atoms with van der Waals surface area (Å²) in [6.07, 6.45) is 0. The first-order valence-corrected chi connectivity index (χ1v) is 36.4. The Morgan fingerprint density at radius 3 is 0.333 bits per heavy atom. The van der Waals surface area contributed by atoms with E-state index >= 15 is 0 Å². The summed E-state index contributed by atoms with van der Waals surface area (Å²) in [6.45, 7) is 0. The number of benzene rings is 8. The van der Waals surface area contributed by atoms with Gasteiger partial charge < -0.3 is 18.2 Å². The fraction of sp³-hybridized carbons (Fsp3) is 0.0769. The molecule has 0 N–H and O–H groups in total. The number of hydrogen-bond acceptors (Lipinski definition) is 12. The van der Waals surface area contributed by atoms with Gasteiger partial charge in [0.25, 0.3) is 0 Å². The van der Waals surface area contributed by atoms with Gasteiger partial charge in [-0.1, -0.05) is 0 Å². The summed E-state index contributed by atoms with van der Waals surface area (Å²) in [7, 11) is -24.4. The molecule has 22 heterocycles. The van der Waals surface area contributed by atoms with Crippen LogP contribution in [0.4, 0.5) is 52.7 Å². The summed E-state index contributed by atoms with van der Waals surface area (Å²) in [6, 6.07) is 74.0. The minimum atomic E-state index is -6.09. The van der Waals surface area contributed by atoms with Crippen LogP contribution in [0.3, 0.4) is 0 Å². The zero-order valence-corrected chi connectivity index (χ0v) is 53.0. The van der Waals surface area contributed by atoms with Gasteiger partial charge in [0.15, 0.2) is 69.0 Å². The van der Waals surface area contributed by atoms with Crippen molar-refractivity contribution in [2.24, 2.45) is 0 Å². The van der Waals surface area contributed by atoms with E-state index in [0.717, 1.165) is 0 Å². The lowest BCUT2D eigenvalue weighted by atomic mass is 10.1. The Hall–Kier alpha value is -4.52. The fourth-order valence-corrected chi connectivity index (χ4v) is 14.8. The minimum absolute atomic E-state index is 0.230. The van der Waals surface area contributed by atoms with Crippen LogP contribution >= 0.6 is 0 Å². The van der Waals surface area contributed by atoms with Gasteiger partial charge in [0.2, 0.25) is 0 Å². The van der Waals surface area contributed by atoms with Crippen LogP contribution in [0.15, 0.2) is 194 Å². The highest BCUT2D eigenvalue weighted by Gasteiger charge is 2.39. The summed E-state index contributed by atoms with van der Waals surface area (Å²) in [5.41, 5.74) is -12.3. The molecule has 0 saturated carbocycles. The van der Waals surface area contributed by atoms with Crippen LogP contribution in [0.1, 0.15) is 0 Å². The number of hydrogen-bond donors (Lipinski definition) is 0. The van der Waals surface area contributed by atoms with E-state index in [1.165, 1.54) is 73.1 Å². The molecule has 8 aromatic rings. The van der Waals surface area contributed by atoms with Gasteiger partial charge in [-0.25, -0.2) is 33.7 Å². The molecule has 0 aromatic heterocycles. The maximum Gasteiger partial charge on any atom is 0.485 e. The molecule has 16 bridgehead atoms. The molecule has 0 spiro atoms. The average Bonchev–Trinajstić information content (AvgIpc) is 3.44. The summed E-state index contributed by atoms with van der Waals surface area (Å²) in [5.74, 6) is 0. The Morgan fingerprint density at radius 1 is 0.202 bits per heavy atom. The summed E-state index contributed by atoms with van der Waals surface area (Å²) in [4.78, 5) is 0. The van der Waals surface area contributed by atoms with Crippen LogP contribution in [-0.4, -0.2) is 73.9 Å². The van der Waals surface area contributed by atoms with Gasteiger partial charge in [-0.15, -0.1) is 0 Å². The van der Waals surface area contributed by atoms with Gasteiger partial charge in [-0.2, -0.15) is 52.7 Å². The highest BCUT2D eigenvalue weighted by atomic mass is 127. The van der Waals surface area contributed by atoms with Crippen molar-refractivity contribution < 1.29 is 189 Å². The normalized spacial score (nSPS) is 13.0. The smallest absolute Gasteiger partial charge is 0.485 e. The Morgan fingerprint density at radius 2 is 0.274 bits per heavy atom. The van der Waals surface area contributed by atoms with Gasteiger partial charge >= 0.3 is 107 Å². The highest BCUT2D eigenvalue weighted by molar-refractivity contribution is 7.87. The predicted molar refractivity (Wildman–Crippen MR) is 260 cm³/mol. The van der Waals surface area contributed by atoms with Crippen molar-refractivity contribution in [2.75, 3.05) is 0 Å². The molecule has 0 fully saturated rings. The zero-order chi connectivity index (χ0) is 62.7. The minimum Gasteiger partial charge on any atom is -0.741 e. The van der Waals surface area contributed by atoms with Gasteiger partial charge in [0.05, 0.1) is 0 Å². The van der Waals surface area contributed by atoms with E-state index in [0.29, 0.717) is 0 Å². The largest absolute Gasteiger partial charge is 0.741 e. The first-order valence-electron chi connectivity index (χ1n) is 22.2. The second kappa shape index (κ2) is 29.0. The molecule has 32 heteroatoms. The van der Waals surface area contributed by atoms with E-state index in [9.17, 15) is 52.7 Å². The number of halogens is 16. The molecule has 22 aliphatic rings. The topological polar surface area (TPSA) is 229 Å². The summed E-state index contributed by atoms with van der Waals surface area (Å²) in [5, 5.41) is 0. The van der Waals surface area contributed by atoms with E-state index in [1.807, 2.05) is 0 Å². The molecule has 8 aromatic carbocycles. The Balaban J connectivity index is 0.000000329. The molecule has 12 nitrogen and oxygen atoms in total. The lowest BCUT2D eigenvalue weighted by molar-refractivity contribution is -0.597. The Bertz CT molecular complexity index is 3240. The van der Waals surface area contributed by atoms with Crippen LogP contribution in [0, 0.1) is 28.6 Å². The van der Waals surface area contributed by atoms with Crippen molar-refractivity contribution in [1.29, 1.82) is 0 Å². The first kappa shape index (κ1) is 70.2. The van der Waals surface area contributed by atoms with E-state index < -0.39 is 62.5 Å². The average molecular weight is 1710 g/mol. The van der Waals surface area contributed by atoms with E-state index in [2.05, 4.69) is 194 Å². The van der Waals surface area contributed by atoms with Crippen LogP contribution < -0.4 is 84.8 Å². The van der Waals surface area contributed by atoms with Crippen LogP contribution in [-0.2, 0) is 40.5 Å². The number of alkyl halides is 12. The number of rotatable bonds is 0. The predicted octanol–water partition coefficient (Wildman–Crippen LogP) is -0.613. The standard InChI is InChI=1S/C48H32I4.4CHF3O3S/c1-17-41-18-2-33(1)34-3-19-43(20-4-34)50-44-23-7-37(8-24-44)38-11-27-47(28-12-38)52-48-31-15-40(16-32-48)39-13-29-46(30-14-39)51-45-25-9-36(10-26-45)35-5-21-42(49-41)22-6-35;4*2-1(3,4)8(5,6)7/h1-32H;4*(H,5,6,7)/q+4;;;;/p-4. The lowest BCUT2D eigenvalue weighted by Gasteiger charge is -2.08. The van der Waals surface area contributed by atoms with E-state index in [1.54, 1.807) is 0 Å². The van der Waals surface area contributed by atoms with Gasteiger partial charge in [0.1, 0.15) is 0 Å². The molecule has 0 unspecified atom stereocenters. The van der Waals surface area contributed by atoms with E-state index in [4.69, 9.17) is 51.9 Å². The molecule has 0 atom stereocenters. The third-order valence-electron chi connectivity index (χ3n) is 10.1. The first-order chi connectivity index (χ1) is 38.7. The maximum atomic E-state index is 10.7. The molecule has 22 aliphatic heterocycles. The quantitative estimate of drug-likeness (QED) is 0.0802. The second-order valence-electron chi connectivity index (χ2n) is 16.0. The van der Waals surface area contributed by atoms with Crippen LogP contribution in [0.5, 0.6) is 0 Å². The van der Waals surface area contributed by atoms with Gasteiger partial charge in [-0.05, 0) is 239 Å². The molecule has 0 aliphatic carbocycles. The SMILES string of the molecule is O=S(=O)([O-])C(F)(F)F.O=S(=O)([O-])C(F)(F)F.O=S(=O)([O-])C(F)(F)F.O=S(=O)([O-])C(F)(F)F.c1cc2ccc1[I+]c1ccc(cc1)-c1ccc(cc1)[I+]c1ccc(cc1)-c1ccc(cc1)[I+]c1ccc(cc1)-c1ccc(cc1)[I+]c1ccc-2cc1. The third-order valence-corrected chi connectivity index (χ3v) is 23.1. The fourth-order valence-electron chi connectivity index (χ4n) is 6.15. The third kappa shape index (κ3) is 22.0. The molecule has 84 heavy (non-hydrogen) atoms. The summed E-state index contributed by atoms with van der Waals surface area (Å²) < 4.78 is 247. The van der Waals surface area contributed by atoms with Crippen molar-refractivity contribution in [3.63, 3.8) is 0 Å². The maximum absolute atomic E-state index is 10.7. The molecule has 448 valence electrons. The van der Waals surface area contributed by atoms with Crippen LogP contribution in [0.2, 0.25) is 0 Å². The molecular weight excluding hydrogens is 1680 g/mol. The Kier molecular flexibility index (Phi) is 24.2. The van der Waals surface area contributed by atoms with E-state index in [-0.39, 0.29) is 84.8 Å². The Labute approximate surface area is 513 Å². The molecular formula is C52H32F12I4O12S4. The van der Waals surface area contributed by atoms with Crippen molar-refractivity contribution in [2.45, 2.75) is 22.0 Å². The zero-order valence-electron chi connectivity index (χ0n) is 41.1. The van der Waals surface area contributed by atoms with Crippen molar-refractivity contribution in [3.8, 4) is 44.5 Å².